The normalized spacial score (nSPS) is 22.9. The Kier molecular flexibility index (Phi) is 3.97. The van der Waals surface area contributed by atoms with Gasteiger partial charge in [-0.05, 0) is 52.7 Å². The lowest BCUT2D eigenvalue weighted by Crippen LogP contribution is -2.56. The number of allylic oxidation sites excluding steroid dienone is 4. The highest BCUT2D eigenvalue weighted by molar-refractivity contribution is 6.83. The van der Waals surface area contributed by atoms with Crippen molar-refractivity contribution in [2.24, 2.45) is 0 Å². The minimum atomic E-state index is -1.49. The number of nitrogens with one attached hydrogen (secondary N) is 1. The fourth-order valence-corrected chi connectivity index (χ4v) is 10.8. The Morgan fingerprint density at radius 2 is 1.53 bits per heavy atom. The van der Waals surface area contributed by atoms with E-state index in [0.29, 0.717) is 0 Å². The first kappa shape index (κ1) is 14.9. The van der Waals surface area contributed by atoms with Crippen LogP contribution in [0, 0.1) is 0 Å². The summed E-state index contributed by atoms with van der Waals surface area (Å²) in [6.45, 7) is 18.7. The van der Waals surface area contributed by atoms with Crippen molar-refractivity contribution in [1.29, 1.82) is 0 Å². The molecule has 1 aliphatic rings. The van der Waals surface area contributed by atoms with Crippen LogP contribution < -0.4 is 4.98 Å². The van der Waals surface area contributed by atoms with Gasteiger partial charge >= 0.3 is 0 Å². The molecular weight excluding hydrogens is 238 g/mol. The topological polar surface area (TPSA) is 12.0 Å². The van der Waals surface area contributed by atoms with Crippen molar-refractivity contribution in [2.75, 3.05) is 0 Å². The molecule has 1 aliphatic carbocycles. The summed E-state index contributed by atoms with van der Waals surface area (Å²) in [7, 11) is -0.245. The summed E-state index contributed by atoms with van der Waals surface area (Å²) in [5.41, 5.74) is 5.74. The maximum absolute atomic E-state index is 3.92. The lowest BCUT2D eigenvalue weighted by molar-refractivity contribution is 0.513. The van der Waals surface area contributed by atoms with Crippen molar-refractivity contribution < 1.29 is 0 Å². The minimum Gasteiger partial charge on any atom is -0.329 e. The van der Waals surface area contributed by atoms with E-state index in [0.717, 1.165) is 5.54 Å². The van der Waals surface area contributed by atoms with Gasteiger partial charge < -0.3 is 4.98 Å². The van der Waals surface area contributed by atoms with E-state index in [1.807, 2.05) is 0 Å². The lowest BCUT2D eigenvalue weighted by atomic mass is 10.1. The summed E-state index contributed by atoms with van der Waals surface area (Å²) in [6, 6.07) is 0. The van der Waals surface area contributed by atoms with E-state index in [1.165, 1.54) is 10.2 Å². The largest absolute Gasteiger partial charge is 0.329 e. The van der Waals surface area contributed by atoms with Crippen LogP contribution in [-0.2, 0) is 0 Å². The fraction of sp³-hybridized carbons (Fsp3) is 0.714. The molecule has 0 spiro atoms. The second-order valence-electron chi connectivity index (χ2n) is 7.07. The van der Waals surface area contributed by atoms with Gasteiger partial charge in [0.25, 0.3) is 0 Å². The maximum atomic E-state index is 3.92. The first-order valence-corrected chi connectivity index (χ1v) is 10.8. The highest BCUT2D eigenvalue weighted by Crippen LogP contribution is 2.43. The fourth-order valence-electron chi connectivity index (χ4n) is 3.38. The third-order valence-electron chi connectivity index (χ3n) is 4.00. The van der Waals surface area contributed by atoms with Gasteiger partial charge in [0.15, 0.2) is 0 Å². The van der Waals surface area contributed by atoms with Gasteiger partial charge in [-0.3, -0.25) is 0 Å². The first-order chi connectivity index (χ1) is 7.47. The molecule has 0 aromatic carbocycles. The monoisotopic (exact) mass is 267 g/mol. The van der Waals surface area contributed by atoms with E-state index in [1.54, 1.807) is 21.9 Å². The second kappa shape index (κ2) is 4.52. The van der Waals surface area contributed by atoms with Crippen LogP contribution in [0.15, 0.2) is 21.9 Å². The Morgan fingerprint density at radius 1 is 1.06 bits per heavy atom. The van der Waals surface area contributed by atoms with Gasteiger partial charge in [0, 0.05) is 15.8 Å². The highest BCUT2D eigenvalue weighted by Gasteiger charge is 2.38. The van der Waals surface area contributed by atoms with Gasteiger partial charge in [-0.1, -0.05) is 29.4 Å². The molecular formula is C14H29NSi2. The molecule has 0 aliphatic heterocycles. The lowest BCUT2D eigenvalue weighted by Gasteiger charge is -2.37. The van der Waals surface area contributed by atoms with Crippen LogP contribution >= 0.6 is 0 Å². The Balaban J connectivity index is 3.11. The molecule has 0 amide bonds. The molecule has 3 heteroatoms. The predicted octanol–water partition coefficient (Wildman–Crippen LogP) is 2.94. The second-order valence-corrected chi connectivity index (χ2v) is 12.3. The summed E-state index contributed by atoms with van der Waals surface area (Å²) in [6.07, 6.45) is 0. The molecule has 0 bridgehead atoms. The van der Waals surface area contributed by atoms with E-state index in [9.17, 15) is 0 Å². The van der Waals surface area contributed by atoms with Crippen molar-refractivity contribution in [2.45, 2.75) is 65.7 Å². The van der Waals surface area contributed by atoms with Crippen molar-refractivity contribution in [3.05, 3.63) is 21.9 Å². The summed E-state index contributed by atoms with van der Waals surface area (Å²) >= 11 is 0. The summed E-state index contributed by atoms with van der Waals surface area (Å²) in [5, 5.41) is 1.76. The Bertz CT molecular complexity index is 384. The van der Waals surface area contributed by atoms with Gasteiger partial charge in [0.2, 0.25) is 0 Å². The van der Waals surface area contributed by atoms with Crippen LogP contribution in [0.25, 0.3) is 0 Å². The van der Waals surface area contributed by atoms with Gasteiger partial charge in [0.05, 0.1) is 0 Å². The van der Waals surface area contributed by atoms with Crippen LogP contribution in [-0.4, -0.2) is 24.0 Å². The first-order valence-electron chi connectivity index (χ1n) is 6.65. The molecule has 98 valence electrons. The van der Waals surface area contributed by atoms with Crippen LogP contribution in [0.3, 0.4) is 0 Å². The third-order valence-corrected chi connectivity index (χ3v) is 9.55. The van der Waals surface area contributed by atoms with E-state index in [4.69, 9.17) is 0 Å². The van der Waals surface area contributed by atoms with Crippen LogP contribution in [0.4, 0.5) is 0 Å². The standard InChI is InChI=1S/C14H29NSi2/c1-9-10(2)12(16)13(11(9)3)17(7,8)15-14(4,5)6/h12,15H,1-8,16H3. The Labute approximate surface area is 111 Å². The molecule has 17 heavy (non-hydrogen) atoms. The molecule has 0 heterocycles. The molecule has 0 aromatic rings. The predicted molar refractivity (Wildman–Crippen MR) is 85.1 cm³/mol. The van der Waals surface area contributed by atoms with Crippen molar-refractivity contribution in [3.63, 3.8) is 0 Å². The molecule has 1 N–H and O–H groups in total. The van der Waals surface area contributed by atoms with Crippen molar-refractivity contribution >= 4 is 18.5 Å². The number of hydrogen-bond donors (Lipinski definition) is 1. The SMILES string of the molecule is CC1=C(C)C([SiH3])C([Si](C)(C)NC(C)(C)C)=C1C. The van der Waals surface area contributed by atoms with Gasteiger partial charge in [-0.25, -0.2) is 0 Å². The zero-order chi connectivity index (χ0) is 13.6. The average Bonchev–Trinajstić information content (AvgIpc) is 2.27. The highest BCUT2D eigenvalue weighted by atomic mass is 28.3. The van der Waals surface area contributed by atoms with E-state index < -0.39 is 8.24 Å². The van der Waals surface area contributed by atoms with Crippen LogP contribution in [0.5, 0.6) is 0 Å². The average molecular weight is 268 g/mol. The summed E-state index contributed by atoms with van der Waals surface area (Å²) in [5.74, 6) is 0. The molecule has 0 saturated carbocycles. The van der Waals surface area contributed by atoms with E-state index in [2.05, 4.69) is 59.6 Å². The van der Waals surface area contributed by atoms with Crippen molar-refractivity contribution in [3.8, 4) is 0 Å². The quantitative estimate of drug-likeness (QED) is 0.759. The van der Waals surface area contributed by atoms with Crippen LogP contribution in [0.1, 0.15) is 41.5 Å². The molecule has 0 saturated heterocycles. The van der Waals surface area contributed by atoms with Gasteiger partial charge in [-0.15, -0.1) is 0 Å². The molecule has 0 aromatic heterocycles. The summed E-state index contributed by atoms with van der Waals surface area (Å²) in [4.78, 5) is 3.92. The maximum Gasteiger partial charge on any atom is 0.148 e. The third kappa shape index (κ3) is 3.01. The summed E-state index contributed by atoms with van der Waals surface area (Å²) < 4.78 is 0. The van der Waals surface area contributed by atoms with Gasteiger partial charge in [0.1, 0.15) is 8.24 Å². The van der Waals surface area contributed by atoms with E-state index >= 15 is 0 Å². The van der Waals surface area contributed by atoms with Crippen LogP contribution in [0.2, 0.25) is 18.6 Å². The molecule has 1 rings (SSSR count). The molecule has 1 atom stereocenters. The van der Waals surface area contributed by atoms with Gasteiger partial charge in [-0.2, -0.15) is 0 Å². The van der Waals surface area contributed by atoms with E-state index in [-0.39, 0.29) is 5.54 Å². The van der Waals surface area contributed by atoms with Crippen molar-refractivity contribution in [1.82, 2.24) is 4.98 Å². The number of hydrogen-bond acceptors (Lipinski definition) is 1. The smallest absolute Gasteiger partial charge is 0.148 e. The molecule has 0 radical (unpaired) electrons. The molecule has 1 unspecified atom stereocenters. The molecule has 1 nitrogen and oxygen atoms in total. The zero-order valence-corrected chi connectivity index (χ0v) is 16.1. The Morgan fingerprint density at radius 3 is 1.82 bits per heavy atom. The molecule has 0 fully saturated rings. The number of rotatable bonds is 2. The minimum absolute atomic E-state index is 0.217. The zero-order valence-electron chi connectivity index (χ0n) is 13.1. The Hall–Kier alpha value is -0.126.